The fourth-order valence-electron chi connectivity index (χ4n) is 8.45. The highest BCUT2D eigenvalue weighted by Gasteiger charge is 2.17. The average Bonchev–Trinajstić information content (AvgIpc) is 3.36. The van der Waals surface area contributed by atoms with Gasteiger partial charge in [-0.05, 0) is 96.3 Å². The Morgan fingerprint density at radius 1 is 0.329 bits per heavy atom. The first-order valence-corrected chi connectivity index (χ1v) is 30.1. The molecule has 0 saturated carbocycles. The molecule has 0 heterocycles. The van der Waals surface area contributed by atoms with Gasteiger partial charge in [0, 0.05) is 19.4 Å². The third kappa shape index (κ3) is 57.7. The molecule has 0 radical (unpaired) electrons. The van der Waals surface area contributed by atoms with Crippen molar-refractivity contribution < 1.29 is 23.8 Å². The summed E-state index contributed by atoms with van der Waals surface area (Å²) in [6.45, 7) is 7.70. The largest absolute Gasteiger partial charge is 0.462 e. The van der Waals surface area contributed by atoms with Crippen LogP contribution in [-0.4, -0.2) is 37.9 Å². The Labute approximate surface area is 435 Å². The molecule has 0 amide bonds. The van der Waals surface area contributed by atoms with Crippen molar-refractivity contribution in [2.75, 3.05) is 19.8 Å². The summed E-state index contributed by atoms with van der Waals surface area (Å²) < 4.78 is 17.5. The van der Waals surface area contributed by atoms with Gasteiger partial charge in [-0.2, -0.15) is 0 Å². The maximum absolute atomic E-state index is 12.9. The van der Waals surface area contributed by atoms with E-state index < -0.39 is 6.10 Å². The van der Waals surface area contributed by atoms with Crippen molar-refractivity contribution in [2.45, 2.75) is 297 Å². The molecule has 70 heavy (non-hydrogen) atoms. The van der Waals surface area contributed by atoms with Crippen LogP contribution in [-0.2, 0) is 23.8 Å². The van der Waals surface area contributed by atoms with Crippen LogP contribution in [0.2, 0.25) is 0 Å². The average molecular weight is 976 g/mol. The quantitative estimate of drug-likeness (QED) is 0.0345. The van der Waals surface area contributed by atoms with E-state index in [4.69, 9.17) is 14.2 Å². The van der Waals surface area contributed by atoms with Crippen molar-refractivity contribution in [3.05, 3.63) is 85.1 Å². The van der Waals surface area contributed by atoms with Crippen molar-refractivity contribution in [3.63, 3.8) is 0 Å². The maximum atomic E-state index is 12.9. The van der Waals surface area contributed by atoms with Crippen LogP contribution in [0.5, 0.6) is 0 Å². The molecule has 0 N–H and O–H groups in total. The lowest BCUT2D eigenvalue weighted by Crippen LogP contribution is -2.30. The molecule has 0 spiro atoms. The summed E-state index contributed by atoms with van der Waals surface area (Å²) in [4.78, 5) is 25.6. The molecule has 1 atom stereocenters. The zero-order valence-electron chi connectivity index (χ0n) is 46.5. The molecule has 1 unspecified atom stereocenters. The second-order valence-electron chi connectivity index (χ2n) is 19.9. The van der Waals surface area contributed by atoms with Crippen LogP contribution < -0.4 is 0 Å². The Morgan fingerprint density at radius 3 is 1.06 bits per heavy atom. The Bertz CT molecular complexity index is 1290. The molecule has 0 fully saturated rings. The number of unbranched alkanes of at least 4 members (excludes halogenated alkanes) is 30. The lowest BCUT2D eigenvalue weighted by molar-refractivity contribution is -0.163. The fourth-order valence-corrected chi connectivity index (χ4v) is 8.45. The highest BCUT2D eigenvalue weighted by Crippen LogP contribution is 2.16. The fraction of sp³-hybridized carbons (Fsp3) is 0.754. The van der Waals surface area contributed by atoms with Crippen molar-refractivity contribution >= 4 is 11.9 Å². The van der Waals surface area contributed by atoms with Gasteiger partial charge in [0.15, 0.2) is 6.10 Å². The first-order valence-electron chi connectivity index (χ1n) is 30.1. The molecule has 5 heteroatoms. The van der Waals surface area contributed by atoms with Crippen molar-refractivity contribution in [1.29, 1.82) is 0 Å². The number of carbonyl (C=O) groups is 2. The number of hydrogen-bond donors (Lipinski definition) is 0. The zero-order chi connectivity index (χ0) is 50.6. The minimum absolute atomic E-state index is 0.0715. The molecule has 0 aromatic rings. The molecule has 0 saturated heterocycles. The second kappa shape index (κ2) is 60.4. The van der Waals surface area contributed by atoms with Gasteiger partial charge in [0.2, 0.25) is 0 Å². The van der Waals surface area contributed by atoms with Crippen LogP contribution in [0, 0.1) is 0 Å². The van der Waals surface area contributed by atoms with E-state index in [0.29, 0.717) is 19.4 Å². The van der Waals surface area contributed by atoms with Crippen LogP contribution in [0.4, 0.5) is 0 Å². The smallest absolute Gasteiger partial charge is 0.306 e. The number of rotatable bonds is 55. The molecule has 0 aromatic heterocycles. The third-order valence-corrected chi connectivity index (χ3v) is 12.9. The molecular formula is C65H114O5. The Morgan fingerprint density at radius 2 is 0.643 bits per heavy atom. The van der Waals surface area contributed by atoms with Gasteiger partial charge in [-0.1, -0.05) is 266 Å². The summed E-state index contributed by atoms with van der Waals surface area (Å²) in [6.07, 6.45) is 80.3. The Balaban J connectivity index is 4.32. The number of allylic oxidation sites excluding steroid dienone is 14. The Hall–Kier alpha value is -2.92. The molecular weight excluding hydrogens is 861 g/mol. The van der Waals surface area contributed by atoms with Crippen molar-refractivity contribution in [2.24, 2.45) is 0 Å². The van der Waals surface area contributed by atoms with Gasteiger partial charge >= 0.3 is 11.9 Å². The van der Waals surface area contributed by atoms with Gasteiger partial charge in [-0.25, -0.2) is 0 Å². The highest BCUT2D eigenvalue weighted by molar-refractivity contribution is 5.70. The van der Waals surface area contributed by atoms with Gasteiger partial charge in [0.25, 0.3) is 0 Å². The molecule has 0 rings (SSSR count). The monoisotopic (exact) mass is 975 g/mol. The normalized spacial score (nSPS) is 12.8. The van der Waals surface area contributed by atoms with E-state index in [-0.39, 0.29) is 25.2 Å². The number of hydrogen-bond acceptors (Lipinski definition) is 5. The molecule has 404 valence electrons. The van der Waals surface area contributed by atoms with E-state index in [1.165, 1.54) is 154 Å². The van der Waals surface area contributed by atoms with Gasteiger partial charge in [0.05, 0.1) is 6.61 Å². The first-order chi connectivity index (χ1) is 34.6. The second-order valence-corrected chi connectivity index (χ2v) is 19.9. The van der Waals surface area contributed by atoms with E-state index in [1.807, 2.05) is 0 Å². The minimum Gasteiger partial charge on any atom is -0.462 e. The maximum Gasteiger partial charge on any atom is 0.306 e. The predicted octanol–water partition coefficient (Wildman–Crippen LogP) is 20.8. The number of ether oxygens (including phenoxy) is 3. The van der Waals surface area contributed by atoms with Gasteiger partial charge < -0.3 is 14.2 Å². The highest BCUT2D eigenvalue weighted by atomic mass is 16.6. The topological polar surface area (TPSA) is 61.8 Å². The molecule has 0 aliphatic rings. The lowest BCUT2D eigenvalue weighted by Gasteiger charge is -2.18. The summed E-state index contributed by atoms with van der Waals surface area (Å²) in [7, 11) is 0. The number of carbonyl (C=O) groups excluding carboxylic acids is 2. The molecule has 5 nitrogen and oxygen atoms in total. The van der Waals surface area contributed by atoms with E-state index in [2.05, 4.69) is 106 Å². The van der Waals surface area contributed by atoms with Gasteiger partial charge in [0.1, 0.15) is 6.61 Å². The summed E-state index contributed by atoms with van der Waals surface area (Å²) in [5, 5.41) is 0. The van der Waals surface area contributed by atoms with E-state index in [1.54, 1.807) is 0 Å². The predicted molar refractivity (Wildman–Crippen MR) is 307 cm³/mol. The van der Waals surface area contributed by atoms with Crippen molar-refractivity contribution in [1.82, 2.24) is 0 Å². The standard InChI is InChI=1S/C65H114O5/c1-4-7-10-13-16-19-22-25-28-31-33-35-37-40-43-46-49-52-55-58-64(66)69-62-63(61-68-60-57-54-51-48-45-42-39-30-27-24-21-18-15-12-9-6-3)70-65(67)59-56-53-50-47-44-41-38-36-34-32-29-26-23-20-17-14-11-8-5-2/h7,10,16-17,19-20,25-26,28-29,33-36,63H,4-6,8-9,11-15,18,21-24,27,30-32,37-62H2,1-3H3/b10-7-,19-16-,20-17-,28-25-,29-26-,35-33-,36-34-. The van der Waals surface area contributed by atoms with Gasteiger partial charge in [-0.3, -0.25) is 9.59 Å². The first kappa shape index (κ1) is 67.1. The van der Waals surface area contributed by atoms with E-state index in [9.17, 15) is 9.59 Å². The zero-order valence-corrected chi connectivity index (χ0v) is 46.5. The van der Waals surface area contributed by atoms with Gasteiger partial charge in [-0.15, -0.1) is 0 Å². The lowest BCUT2D eigenvalue weighted by atomic mass is 10.0. The third-order valence-electron chi connectivity index (χ3n) is 12.9. The van der Waals surface area contributed by atoms with Crippen molar-refractivity contribution in [3.8, 4) is 0 Å². The van der Waals surface area contributed by atoms with E-state index in [0.717, 1.165) is 103 Å². The molecule has 0 bridgehead atoms. The van der Waals surface area contributed by atoms with E-state index >= 15 is 0 Å². The molecule has 0 aliphatic carbocycles. The summed E-state index contributed by atoms with van der Waals surface area (Å²) in [6, 6.07) is 0. The molecule has 0 aromatic carbocycles. The van der Waals surface area contributed by atoms with Crippen LogP contribution in [0.25, 0.3) is 0 Å². The van der Waals surface area contributed by atoms with Crippen LogP contribution in [0.15, 0.2) is 85.1 Å². The SMILES string of the molecule is CC/C=C\C/C=C\C/C=C\C/C=C\CCCCCCCCC(=O)OCC(COCCCCCCCCCCCCCCCCCC)OC(=O)CCCCCCCC/C=C\C/C=C\C/C=C\CCCCC. The number of esters is 2. The Kier molecular flexibility index (Phi) is 57.9. The van der Waals surface area contributed by atoms with Crippen LogP contribution in [0.1, 0.15) is 290 Å². The summed E-state index contributed by atoms with van der Waals surface area (Å²) >= 11 is 0. The van der Waals surface area contributed by atoms with Crippen LogP contribution >= 0.6 is 0 Å². The summed E-state index contributed by atoms with van der Waals surface area (Å²) in [5.74, 6) is -0.418. The summed E-state index contributed by atoms with van der Waals surface area (Å²) in [5.41, 5.74) is 0. The molecule has 0 aliphatic heterocycles. The minimum atomic E-state index is -0.552. The van der Waals surface area contributed by atoms with Crippen LogP contribution in [0.3, 0.4) is 0 Å².